The first-order valence-electron chi connectivity index (χ1n) is 8.21. The van der Waals surface area contributed by atoms with E-state index in [1.165, 1.54) is 0 Å². The Morgan fingerprint density at radius 1 is 1.20 bits per heavy atom. The summed E-state index contributed by atoms with van der Waals surface area (Å²) in [6, 6.07) is 11.4. The topological polar surface area (TPSA) is 78.1 Å². The van der Waals surface area contributed by atoms with Gasteiger partial charge in [0.1, 0.15) is 5.82 Å². The van der Waals surface area contributed by atoms with Crippen molar-refractivity contribution in [1.82, 2.24) is 14.9 Å². The van der Waals surface area contributed by atoms with Crippen LogP contribution in [0.2, 0.25) is 0 Å². The van der Waals surface area contributed by atoms with Gasteiger partial charge in [-0.2, -0.15) is 0 Å². The van der Waals surface area contributed by atoms with Crippen LogP contribution in [0.1, 0.15) is 15.9 Å². The molecule has 6 heteroatoms. The van der Waals surface area contributed by atoms with E-state index in [4.69, 9.17) is 0 Å². The molecule has 0 aliphatic carbocycles. The van der Waals surface area contributed by atoms with Gasteiger partial charge in [-0.25, -0.2) is 4.98 Å². The lowest BCUT2D eigenvalue weighted by molar-refractivity contribution is -0.123. The molecule has 1 fully saturated rings. The first-order valence-corrected chi connectivity index (χ1v) is 8.21. The van der Waals surface area contributed by atoms with Crippen molar-refractivity contribution in [3.05, 3.63) is 59.9 Å². The van der Waals surface area contributed by atoms with Crippen molar-refractivity contribution in [3.8, 4) is 0 Å². The number of anilines is 1. The molecule has 4 rings (SSSR count). The Kier molecular flexibility index (Phi) is 3.72. The molecule has 3 heterocycles. The first kappa shape index (κ1) is 15.4. The second-order valence-corrected chi connectivity index (χ2v) is 6.31. The molecular weight excluding hydrogens is 316 g/mol. The number of aryl methyl sites for hydroxylation is 1. The number of carbonyl (C=O) groups is 2. The van der Waals surface area contributed by atoms with E-state index in [0.29, 0.717) is 24.5 Å². The van der Waals surface area contributed by atoms with Crippen molar-refractivity contribution in [2.24, 2.45) is 5.92 Å². The van der Waals surface area contributed by atoms with E-state index in [9.17, 15) is 9.59 Å². The van der Waals surface area contributed by atoms with Crippen molar-refractivity contribution in [3.63, 3.8) is 0 Å². The second-order valence-electron chi connectivity index (χ2n) is 6.31. The zero-order valence-electron chi connectivity index (χ0n) is 13.8. The third-order valence-corrected chi connectivity index (χ3v) is 4.61. The van der Waals surface area contributed by atoms with Crippen LogP contribution in [0.3, 0.4) is 0 Å². The summed E-state index contributed by atoms with van der Waals surface area (Å²) in [4.78, 5) is 33.9. The number of likely N-dealkylation sites (tertiary alicyclic amines) is 1. The van der Waals surface area contributed by atoms with E-state index in [2.05, 4.69) is 15.3 Å². The zero-order valence-corrected chi connectivity index (χ0v) is 13.8. The summed E-state index contributed by atoms with van der Waals surface area (Å²) in [6.07, 6.45) is 3.38. The number of amides is 2. The number of pyridine rings is 1. The number of aromatic amines is 1. The number of fused-ring (bicyclic) bond motifs is 1. The number of carbonyl (C=O) groups excluding carboxylic acids is 2. The molecule has 0 atom stereocenters. The Labute approximate surface area is 144 Å². The van der Waals surface area contributed by atoms with E-state index in [1.54, 1.807) is 17.3 Å². The minimum Gasteiger partial charge on any atom is -0.360 e. The molecule has 2 aromatic heterocycles. The summed E-state index contributed by atoms with van der Waals surface area (Å²) < 4.78 is 0. The summed E-state index contributed by atoms with van der Waals surface area (Å²) in [5.41, 5.74) is 2.50. The van der Waals surface area contributed by atoms with Crippen LogP contribution in [0.25, 0.3) is 10.9 Å². The van der Waals surface area contributed by atoms with Gasteiger partial charge in [-0.3, -0.25) is 9.59 Å². The predicted molar refractivity (Wildman–Crippen MR) is 95.3 cm³/mol. The lowest BCUT2D eigenvalue weighted by Crippen LogP contribution is -2.54. The Morgan fingerprint density at radius 2 is 2.00 bits per heavy atom. The number of aromatic nitrogens is 2. The highest BCUT2D eigenvalue weighted by Gasteiger charge is 2.36. The quantitative estimate of drug-likeness (QED) is 0.773. The van der Waals surface area contributed by atoms with Gasteiger partial charge in [0.25, 0.3) is 5.91 Å². The molecular formula is C19H18N4O2. The lowest BCUT2D eigenvalue weighted by Gasteiger charge is -2.38. The lowest BCUT2D eigenvalue weighted by atomic mass is 9.97. The van der Waals surface area contributed by atoms with Crippen LogP contribution in [0.5, 0.6) is 0 Å². The normalized spacial score (nSPS) is 14.4. The second kappa shape index (κ2) is 6.05. The van der Waals surface area contributed by atoms with Crippen LogP contribution in [0.4, 0.5) is 5.82 Å². The van der Waals surface area contributed by atoms with Gasteiger partial charge in [0, 0.05) is 36.4 Å². The summed E-state index contributed by atoms with van der Waals surface area (Å²) in [5.74, 6) is 0.241. The highest BCUT2D eigenvalue weighted by atomic mass is 16.2. The van der Waals surface area contributed by atoms with Gasteiger partial charge >= 0.3 is 0 Å². The summed E-state index contributed by atoms with van der Waals surface area (Å²) in [7, 11) is 0. The van der Waals surface area contributed by atoms with Gasteiger partial charge in [-0.1, -0.05) is 24.3 Å². The molecule has 0 bridgehead atoms. The summed E-state index contributed by atoms with van der Waals surface area (Å²) in [5, 5.41) is 3.75. The van der Waals surface area contributed by atoms with E-state index < -0.39 is 0 Å². The minimum atomic E-state index is -0.199. The SMILES string of the molecule is Cc1cccnc1NC(=O)C1CN(C(=O)c2c[nH]c3ccccc23)C1. The molecule has 0 unspecified atom stereocenters. The average Bonchev–Trinajstić information content (AvgIpc) is 2.99. The third kappa shape index (κ3) is 2.76. The van der Waals surface area contributed by atoms with E-state index >= 15 is 0 Å². The van der Waals surface area contributed by atoms with E-state index in [0.717, 1.165) is 16.5 Å². The molecule has 0 radical (unpaired) electrons. The van der Waals surface area contributed by atoms with Gasteiger partial charge < -0.3 is 15.2 Å². The molecule has 0 spiro atoms. The maximum absolute atomic E-state index is 12.6. The Balaban J connectivity index is 1.41. The van der Waals surface area contributed by atoms with Gasteiger partial charge in [0.2, 0.25) is 5.91 Å². The number of para-hydroxylation sites is 1. The van der Waals surface area contributed by atoms with Gasteiger partial charge in [-0.15, -0.1) is 0 Å². The maximum atomic E-state index is 12.6. The van der Waals surface area contributed by atoms with Crippen molar-refractivity contribution < 1.29 is 9.59 Å². The molecule has 2 amide bonds. The molecule has 1 aliphatic rings. The van der Waals surface area contributed by atoms with Crippen molar-refractivity contribution in [2.75, 3.05) is 18.4 Å². The predicted octanol–water partition coefficient (Wildman–Crippen LogP) is 2.58. The molecule has 0 saturated carbocycles. The van der Waals surface area contributed by atoms with Crippen LogP contribution in [-0.2, 0) is 4.79 Å². The minimum absolute atomic E-state index is 0.0458. The molecule has 1 aromatic carbocycles. The fourth-order valence-corrected chi connectivity index (χ4v) is 3.06. The van der Waals surface area contributed by atoms with Crippen molar-refractivity contribution in [1.29, 1.82) is 0 Å². The third-order valence-electron chi connectivity index (χ3n) is 4.61. The molecule has 2 N–H and O–H groups in total. The number of H-pyrrole nitrogens is 1. The van der Waals surface area contributed by atoms with Crippen LogP contribution < -0.4 is 5.32 Å². The van der Waals surface area contributed by atoms with Gasteiger partial charge in [-0.05, 0) is 24.6 Å². The number of benzene rings is 1. The van der Waals surface area contributed by atoms with Gasteiger partial charge in [0.15, 0.2) is 0 Å². The number of hydrogen-bond acceptors (Lipinski definition) is 3. The highest BCUT2D eigenvalue weighted by Crippen LogP contribution is 2.24. The fraction of sp³-hybridized carbons (Fsp3) is 0.211. The Morgan fingerprint density at radius 3 is 2.80 bits per heavy atom. The molecule has 1 aliphatic heterocycles. The largest absolute Gasteiger partial charge is 0.360 e. The van der Waals surface area contributed by atoms with Crippen molar-refractivity contribution >= 4 is 28.5 Å². The fourth-order valence-electron chi connectivity index (χ4n) is 3.06. The molecule has 1 saturated heterocycles. The average molecular weight is 334 g/mol. The van der Waals surface area contributed by atoms with Crippen LogP contribution in [0.15, 0.2) is 48.8 Å². The molecule has 126 valence electrons. The standard InChI is InChI=1S/C19H18N4O2/c1-12-5-4-8-20-17(12)22-18(24)13-10-23(11-13)19(25)15-9-21-16-7-3-2-6-14(15)16/h2-9,13,21H,10-11H2,1H3,(H,20,22,24). The zero-order chi connectivity index (χ0) is 17.4. The molecule has 3 aromatic rings. The Hall–Kier alpha value is -3.15. The van der Waals surface area contributed by atoms with E-state index in [-0.39, 0.29) is 17.7 Å². The highest BCUT2D eigenvalue weighted by molar-refractivity contribution is 6.07. The molecule has 6 nitrogen and oxygen atoms in total. The summed E-state index contributed by atoms with van der Waals surface area (Å²) in [6.45, 7) is 2.75. The van der Waals surface area contributed by atoms with Crippen LogP contribution in [0, 0.1) is 12.8 Å². The monoisotopic (exact) mass is 334 g/mol. The first-order chi connectivity index (χ1) is 12.1. The number of nitrogens with zero attached hydrogens (tertiary/aromatic N) is 2. The molecule has 25 heavy (non-hydrogen) atoms. The number of nitrogens with one attached hydrogen (secondary N) is 2. The number of rotatable bonds is 3. The van der Waals surface area contributed by atoms with Crippen molar-refractivity contribution in [2.45, 2.75) is 6.92 Å². The van der Waals surface area contributed by atoms with Crippen LogP contribution in [-0.4, -0.2) is 39.8 Å². The number of hydrogen-bond donors (Lipinski definition) is 2. The van der Waals surface area contributed by atoms with E-state index in [1.807, 2.05) is 43.3 Å². The maximum Gasteiger partial charge on any atom is 0.256 e. The van der Waals surface area contributed by atoms with Gasteiger partial charge in [0.05, 0.1) is 11.5 Å². The Bertz CT molecular complexity index is 957. The summed E-state index contributed by atoms with van der Waals surface area (Å²) >= 11 is 0. The smallest absolute Gasteiger partial charge is 0.256 e. The van der Waals surface area contributed by atoms with Crippen LogP contribution >= 0.6 is 0 Å².